The Hall–Kier alpha value is -2.55. The van der Waals surface area contributed by atoms with Crippen LogP contribution in [0.4, 0.5) is 5.69 Å². The third-order valence-corrected chi connectivity index (χ3v) is 6.93. The molecule has 0 bridgehead atoms. The molecule has 0 spiro atoms. The van der Waals surface area contributed by atoms with Crippen molar-refractivity contribution in [2.45, 2.75) is 25.7 Å². The Labute approximate surface area is 192 Å². The van der Waals surface area contributed by atoms with E-state index >= 15 is 0 Å². The monoisotopic (exact) mass is 476 g/mol. The Morgan fingerprint density at radius 1 is 1.19 bits per heavy atom. The van der Waals surface area contributed by atoms with Gasteiger partial charge in [0, 0.05) is 41.7 Å². The Bertz CT molecular complexity index is 1160. The fraction of sp³-hybridized carbons (Fsp3) is 0.286. The van der Waals surface area contributed by atoms with Crippen LogP contribution in [0.15, 0.2) is 35.7 Å². The Morgan fingerprint density at radius 3 is 2.61 bits per heavy atom. The summed E-state index contributed by atoms with van der Waals surface area (Å²) in [6, 6.07) is 8.20. The van der Waals surface area contributed by atoms with Crippen molar-refractivity contribution < 1.29 is 9.72 Å². The van der Waals surface area contributed by atoms with Crippen LogP contribution in [0.3, 0.4) is 0 Å². The van der Waals surface area contributed by atoms with Crippen LogP contribution in [-0.4, -0.2) is 38.8 Å². The van der Waals surface area contributed by atoms with Crippen molar-refractivity contribution in [3.05, 3.63) is 72.3 Å². The minimum Gasteiger partial charge on any atom is -0.339 e. The summed E-state index contributed by atoms with van der Waals surface area (Å²) in [5.74, 6) is 0.126. The molecule has 4 rings (SSSR count). The van der Waals surface area contributed by atoms with Gasteiger partial charge in [0.25, 0.3) is 11.6 Å². The minimum atomic E-state index is -0.498. The van der Waals surface area contributed by atoms with Gasteiger partial charge in [0.2, 0.25) is 0 Å². The van der Waals surface area contributed by atoms with E-state index in [1.165, 1.54) is 23.5 Å². The van der Waals surface area contributed by atoms with Crippen LogP contribution in [0, 0.1) is 17.0 Å². The molecule has 0 atom stereocenters. The predicted octanol–water partition coefficient (Wildman–Crippen LogP) is 5.75. The maximum atomic E-state index is 12.8. The first-order valence-electron chi connectivity index (χ1n) is 9.65. The van der Waals surface area contributed by atoms with Crippen molar-refractivity contribution in [1.82, 2.24) is 14.9 Å². The highest BCUT2D eigenvalue weighted by molar-refractivity contribution is 7.10. The van der Waals surface area contributed by atoms with Gasteiger partial charge in [0.05, 0.1) is 21.2 Å². The van der Waals surface area contributed by atoms with Crippen molar-refractivity contribution in [2.24, 2.45) is 0 Å². The zero-order chi connectivity index (χ0) is 22.1. The first-order chi connectivity index (χ1) is 14.8. The van der Waals surface area contributed by atoms with Crippen molar-refractivity contribution in [3.63, 3.8) is 0 Å². The number of carbonyl (C=O) groups is 1. The van der Waals surface area contributed by atoms with Gasteiger partial charge in [-0.2, -0.15) is 0 Å². The Kier molecular flexibility index (Phi) is 6.22. The van der Waals surface area contributed by atoms with Crippen LogP contribution >= 0.6 is 34.5 Å². The number of nitro benzene ring substituents is 1. The summed E-state index contributed by atoms with van der Waals surface area (Å²) < 4.78 is 0. The number of hydrogen-bond donors (Lipinski definition) is 0. The number of amides is 1. The normalized spacial score (nSPS) is 14.6. The first kappa shape index (κ1) is 21.7. The maximum absolute atomic E-state index is 12.8. The predicted molar refractivity (Wildman–Crippen MR) is 121 cm³/mol. The SMILES string of the molecule is Cc1ccc(C(=O)N2CCC(c3nc(-c4ccc(Cl)c([N+](=O)[O-])c4)cs3)CC2)c(Cl)n1. The van der Waals surface area contributed by atoms with Crippen molar-refractivity contribution in [3.8, 4) is 11.3 Å². The molecule has 3 heterocycles. The number of thiazole rings is 1. The third kappa shape index (κ3) is 4.56. The second-order valence-electron chi connectivity index (χ2n) is 7.35. The van der Waals surface area contributed by atoms with Gasteiger partial charge in [-0.25, -0.2) is 9.97 Å². The smallest absolute Gasteiger partial charge is 0.288 e. The molecule has 1 fully saturated rings. The van der Waals surface area contributed by atoms with Crippen LogP contribution < -0.4 is 0 Å². The van der Waals surface area contributed by atoms with Gasteiger partial charge in [0.15, 0.2) is 0 Å². The summed E-state index contributed by atoms with van der Waals surface area (Å²) in [6.07, 6.45) is 1.58. The maximum Gasteiger partial charge on any atom is 0.288 e. The zero-order valence-corrected chi connectivity index (χ0v) is 18.9. The molecule has 0 N–H and O–H groups in total. The Morgan fingerprint density at radius 2 is 1.94 bits per heavy atom. The number of carbonyl (C=O) groups excluding carboxylic acids is 1. The van der Waals surface area contributed by atoms with E-state index in [2.05, 4.69) is 4.98 Å². The number of benzene rings is 1. The second kappa shape index (κ2) is 8.90. The number of likely N-dealkylation sites (tertiary alicyclic amines) is 1. The van der Waals surface area contributed by atoms with E-state index in [4.69, 9.17) is 28.2 Å². The van der Waals surface area contributed by atoms with Gasteiger partial charge in [-0.15, -0.1) is 11.3 Å². The molecule has 1 aliphatic heterocycles. The summed E-state index contributed by atoms with van der Waals surface area (Å²) in [6.45, 7) is 3.04. The summed E-state index contributed by atoms with van der Waals surface area (Å²) >= 11 is 13.6. The molecule has 0 saturated carbocycles. The van der Waals surface area contributed by atoms with Crippen LogP contribution in [0.1, 0.15) is 39.8 Å². The molecule has 1 aromatic carbocycles. The topological polar surface area (TPSA) is 89.2 Å². The first-order valence-corrected chi connectivity index (χ1v) is 11.3. The van der Waals surface area contributed by atoms with Gasteiger partial charge in [-0.1, -0.05) is 29.3 Å². The quantitative estimate of drug-likeness (QED) is 0.271. The van der Waals surface area contributed by atoms with E-state index in [1.54, 1.807) is 23.1 Å². The van der Waals surface area contributed by atoms with Crippen molar-refractivity contribution in [1.29, 1.82) is 0 Å². The number of nitrogens with zero attached hydrogens (tertiary/aromatic N) is 4. The molecule has 31 heavy (non-hydrogen) atoms. The van der Waals surface area contributed by atoms with Gasteiger partial charge in [-0.05, 0) is 38.0 Å². The number of aromatic nitrogens is 2. The highest BCUT2D eigenvalue weighted by atomic mass is 35.5. The van der Waals surface area contributed by atoms with E-state index in [9.17, 15) is 14.9 Å². The lowest BCUT2D eigenvalue weighted by Crippen LogP contribution is -2.38. The number of aryl methyl sites for hydroxylation is 1. The number of piperidine rings is 1. The summed E-state index contributed by atoms with van der Waals surface area (Å²) in [7, 11) is 0. The number of nitro groups is 1. The molecule has 2 aromatic heterocycles. The average Bonchev–Trinajstić information content (AvgIpc) is 3.24. The standard InChI is InChI=1S/C21H18Cl2N4O3S/c1-12-2-4-15(19(23)24-12)21(28)26-8-6-13(7-9-26)20-25-17(11-31-20)14-3-5-16(22)18(10-14)27(29)30/h2-5,10-11,13H,6-9H2,1H3. The van der Waals surface area contributed by atoms with Crippen LogP contribution in [0.2, 0.25) is 10.2 Å². The molecule has 10 heteroatoms. The van der Waals surface area contributed by atoms with E-state index in [1.807, 2.05) is 12.3 Å². The molecule has 1 aliphatic rings. The molecular weight excluding hydrogens is 459 g/mol. The summed E-state index contributed by atoms with van der Waals surface area (Å²) in [4.78, 5) is 34.1. The Balaban J connectivity index is 1.44. The van der Waals surface area contributed by atoms with E-state index in [0.717, 1.165) is 23.5 Å². The lowest BCUT2D eigenvalue weighted by Gasteiger charge is -2.31. The zero-order valence-electron chi connectivity index (χ0n) is 16.5. The van der Waals surface area contributed by atoms with Crippen LogP contribution in [-0.2, 0) is 0 Å². The van der Waals surface area contributed by atoms with Gasteiger partial charge in [0.1, 0.15) is 10.2 Å². The largest absolute Gasteiger partial charge is 0.339 e. The fourth-order valence-corrected chi connectivity index (χ4v) is 5.07. The molecule has 7 nitrogen and oxygen atoms in total. The molecule has 1 saturated heterocycles. The van der Waals surface area contributed by atoms with E-state index in [-0.39, 0.29) is 27.7 Å². The molecule has 0 radical (unpaired) electrons. The van der Waals surface area contributed by atoms with Crippen LogP contribution in [0.5, 0.6) is 0 Å². The molecule has 0 unspecified atom stereocenters. The minimum absolute atomic E-state index is 0.102. The number of hydrogen-bond acceptors (Lipinski definition) is 6. The second-order valence-corrected chi connectivity index (χ2v) is 9.01. The number of pyridine rings is 1. The van der Waals surface area contributed by atoms with E-state index < -0.39 is 4.92 Å². The van der Waals surface area contributed by atoms with Crippen molar-refractivity contribution in [2.75, 3.05) is 13.1 Å². The van der Waals surface area contributed by atoms with Gasteiger partial charge in [-0.3, -0.25) is 14.9 Å². The molecule has 0 aliphatic carbocycles. The third-order valence-electron chi connectivity index (χ3n) is 5.31. The lowest BCUT2D eigenvalue weighted by molar-refractivity contribution is -0.384. The van der Waals surface area contributed by atoms with E-state index in [0.29, 0.717) is 29.9 Å². The lowest BCUT2D eigenvalue weighted by atomic mass is 9.97. The molecule has 3 aromatic rings. The fourth-order valence-electron chi connectivity index (χ4n) is 3.60. The van der Waals surface area contributed by atoms with Gasteiger partial charge < -0.3 is 4.90 Å². The molecule has 1 amide bonds. The molecule has 160 valence electrons. The highest BCUT2D eigenvalue weighted by Crippen LogP contribution is 2.35. The number of halogens is 2. The van der Waals surface area contributed by atoms with Gasteiger partial charge >= 0.3 is 0 Å². The highest BCUT2D eigenvalue weighted by Gasteiger charge is 2.28. The summed E-state index contributed by atoms with van der Waals surface area (Å²) in [5, 5.41) is 14.3. The average molecular weight is 477 g/mol. The molecular formula is C21H18Cl2N4O3S. The van der Waals surface area contributed by atoms with Crippen molar-refractivity contribution >= 4 is 46.1 Å². The summed E-state index contributed by atoms with van der Waals surface area (Å²) in [5.41, 5.74) is 2.41. The number of rotatable bonds is 4. The van der Waals surface area contributed by atoms with Crippen LogP contribution in [0.25, 0.3) is 11.3 Å².